The van der Waals surface area contributed by atoms with Crippen molar-refractivity contribution in [2.45, 2.75) is 56.8 Å². The molecule has 0 unspecified atom stereocenters. The van der Waals surface area contributed by atoms with Crippen molar-refractivity contribution < 1.29 is 9.21 Å². The number of furan rings is 1. The summed E-state index contributed by atoms with van der Waals surface area (Å²) >= 11 is 1.74. The number of amides is 1. The minimum atomic E-state index is -0.128. The Kier molecular flexibility index (Phi) is 7.51. The minimum absolute atomic E-state index is 0.101. The fourth-order valence-corrected chi connectivity index (χ4v) is 4.82. The SMILES string of the molecule is Cc1ccc(C(C)(C)C)cc1SCc1ccc(C(=O)N(Cc2cccnc2)Cc2cccn2C)o1. The molecule has 0 N–H and O–H groups in total. The van der Waals surface area contributed by atoms with Crippen molar-refractivity contribution >= 4 is 17.7 Å². The van der Waals surface area contributed by atoms with Gasteiger partial charge in [0.2, 0.25) is 0 Å². The summed E-state index contributed by atoms with van der Waals surface area (Å²) in [5.74, 6) is 1.69. The normalized spacial score (nSPS) is 11.6. The van der Waals surface area contributed by atoms with Gasteiger partial charge in [-0.15, -0.1) is 11.8 Å². The van der Waals surface area contributed by atoms with E-state index in [-0.39, 0.29) is 11.3 Å². The lowest BCUT2D eigenvalue weighted by Crippen LogP contribution is -2.30. The van der Waals surface area contributed by atoms with Gasteiger partial charge in [-0.25, -0.2) is 0 Å². The smallest absolute Gasteiger partial charge is 0.290 e. The molecule has 0 spiro atoms. The van der Waals surface area contributed by atoms with E-state index in [0.29, 0.717) is 24.6 Å². The fraction of sp³-hybridized carbons (Fsp3) is 0.310. The van der Waals surface area contributed by atoms with Gasteiger partial charge in [0.05, 0.1) is 12.3 Å². The summed E-state index contributed by atoms with van der Waals surface area (Å²) in [7, 11) is 1.99. The molecule has 182 valence electrons. The highest BCUT2D eigenvalue weighted by Crippen LogP contribution is 2.32. The van der Waals surface area contributed by atoms with Crippen LogP contribution >= 0.6 is 11.8 Å². The Balaban J connectivity index is 1.49. The predicted octanol–water partition coefficient (Wildman–Crippen LogP) is 6.75. The molecule has 1 aromatic carbocycles. The van der Waals surface area contributed by atoms with E-state index < -0.39 is 0 Å². The molecular formula is C29H33N3O2S. The summed E-state index contributed by atoms with van der Waals surface area (Å²) in [6, 6.07) is 18.2. The molecule has 1 amide bonds. The van der Waals surface area contributed by atoms with Crippen LogP contribution in [0.25, 0.3) is 0 Å². The molecule has 0 fully saturated rings. The zero-order valence-corrected chi connectivity index (χ0v) is 21.9. The number of benzene rings is 1. The van der Waals surface area contributed by atoms with Crippen LogP contribution in [0, 0.1) is 6.92 Å². The topological polar surface area (TPSA) is 51.3 Å². The molecule has 0 aliphatic rings. The van der Waals surface area contributed by atoms with E-state index in [4.69, 9.17) is 4.42 Å². The Morgan fingerprint density at radius 1 is 1.09 bits per heavy atom. The van der Waals surface area contributed by atoms with Crippen LogP contribution in [-0.4, -0.2) is 20.4 Å². The lowest BCUT2D eigenvalue weighted by molar-refractivity contribution is 0.0692. The highest BCUT2D eigenvalue weighted by Gasteiger charge is 2.21. The first kappa shape index (κ1) is 24.9. The van der Waals surface area contributed by atoms with Crippen molar-refractivity contribution in [3.8, 4) is 0 Å². The van der Waals surface area contributed by atoms with Gasteiger partial charge in [-0.3, -0.25) is 9.78 Å². The van der Waals surface area contributed by atoms with Crippen molar-refractivity contribution in [1.29, 1.82) is 0 Å². The molecule has 35 heavy (non-hydrogen) atoms. The number of pyridine rings is 1. The summed E-state index contributed by atoms with van der Waals surface area (Å²) < 4.78 is 8.07. The molecule has 0 aliphatic heterocycles. The molecule has 5 nitrogen and oxygen atoms in total. The van der Waals surface area contributed by atoms with Crippen LogP contribution in [0.2, 0.25) is 0 Å². The second-order valence-corrected chi connectivity index (χ2v) is 10.9. The van der Waals surface area contributed by atoms with Crippen molar-refractivity contribution in [2.75, 3.05) is 0 Å². The summed E-state index contributed by atoms with van der Waals surface area (Å²) in [5.41, 5.74) is 4.69. The van der Waals surface area contributed by atoms with E-state index in [9.17, 15) is 4.79 Å². The van der Waals surface area contributed by atoms with E-state index in [1.165, 1.54) is 16.0 Å². The maximum absolute atomic E-state index is 13.5. The highest BCUT2D eigenvalue weighted by atomic mass is 32.2. The van der Waals surface area contributed by atoms with Crippen LogP contribution in [0.5, 0.6) is 0 Å². The highest BCUT2D eigenvalue weighted by molar-refractivity contribution is 7.98. The number of aromatic nitrogens is 2. The van der Waals surface area contributed by atoms with Gasteiger partial charge in [0.15, 0.2) is 5.76 Å². The van der Waals surface area contributed by atoms with Gasteiger partial charge >= 0.3 is 0 Å². The fourth-order valence-electron chi connectivity index (χ4n) is 3.87. The van der Waals surface area contributed by atoms with Crippen LogP contribution in [0.15, 0.2) is 82.5 Å². The number of thioether (sulfide) groups is 1. The van der Waals surface area contributed by atoms with Gasteiger partial charge in [-0.1, -0.05) is 39.0 Å². The zero-order chi connectivity index (χ0) is 25.0. The second-order valence-electron chi connectivity index (χ2n) is 9.92. The number of carbonyl (C=O) groups excluding carboxylic acids is 1. The van der Waals surface area contributed by atoms with Gasteiger partial charge in [0, 0.05) is 42.8 Å². The van der Waals surface area contributed by atoms with Crippen molar-refractivity contribution in [3.63, 3.8) is 0 Å². The number of aryl methyl sites for hydroxylation is 2. The summed E-state index contributed by atoms with van der Waals surface area (Å²) in [4.78, 5) is 20.7. The lowest BCUT2D eigenvalue weighted by Gasteiger charge is -2.22. The third kappa shape index (κ3) is 6.25. The third-order valence-corrected chi connectivity index (χ3v) is 7.26. The van der Waals surface area contributed by atoms with Crippen LogP contribution in [0.4, 0.5) is 0 Å². The van der Waals surface area contributed by atoms with Crippen LogP contribution in [0.1, 0.15) is 59.5 Å². The lowest BCUT2D eigenvalue weighted by atomic mass is 9.87. The number of rotatable bonds is 8. The van der Waals surface area contributed by atoms with E-state index >= 15 is 0 Å². The first-order valence-electron chi connectivity index (χ1n) is 11.8. The average Bonchev–Trinajstić information content (AvgIpc) is 3.46. The summed E-state index contributed by atoms with van der Waals surface area (Å²) in [5, 5.41) is 0. The molecule has 0 aliphatic carbocycles. The summed E-state index contributed by atoms with van der Waals surface area (Å²) in [6.07, 6.45) is 5.52. The molecule has 0 bridgehead atoms. The molecule has 0 atom stereocenters. The van der Waals surface area contributed by atoms with E-state index in [0.717, 1.165) is 17.0 Å². The maximum atomic E-state index is 13.5. The second kappa shape index (κ2) is 10.6. The molecule has 3 aromatic heterocycles. The Bertz CT molecular complexity index is 1280. The van der Waals surface area contributed by atoms with Crippen molar-refractivity contribution in [1.82, 2.24) is 14.5 Å². The van der Waals surface area contributed by atoms with Gasteiger partial charge in [-0.2, -0.15) is 0 Å². The average molecular weight is 488 g/mol. The maximum Gasteiger partial charge on any atom is 0.290 e. The van der Waals surface area contributed by atoms with Crippen molar-refractivity contribution in [2.24, 2.45) is 7.05 Å². The first-order chi connectivity index (χ1) is 16.7. The Hall–Kier alpha value is -3.25. The Morgan fingerprint density at radius 2 is 1.91 bits per heavy atom. The number of nitrogens with zero attached hydrogens (tertiary/aromatic N) is 3. The number of hydrogen-bond acceptors (Lipinski definition) is 4. The summed E-state index contributed by atoms with van der Waals surface area (Å²) in [6.45, 7) is 9.75. The largest absolute Gasteiger partial charge is 0.455 e. The van der Waals surface area contributed by atoms with Crippen LogP contribution in [-0.2, 0) is 31.3 Å². The predicted molar refractivity (Wildman–Crippen MR) is 141 cm³/mol. The third-order valence-electron chi connectivity index (χ3n) is 6.08. The van der Waals surface area contributed by atoms with E-state index in [1.807, 2.05) is 48.1 Å². The molecule has 3 heterocycles. The van der Waals surface area contributed by atoms with E-state index in [1.54, 1.807) is 35.1 Å². The van der Waals surface area contributed by atoms with Crippen molar-refractivity contribution in [3.05, 3.63) is 107 Å². The Labute approximate surface area is 212 Å². The van der Waals surface area contributed by atoms with Crippen LogP contribution in [0.3, 0.4) is 0 Å². The number of carbonyl (C=O) groups is 1. The van der Waals surface area contributed by atoms with Gasteiger partial charge in [0.25, 0.3) is 5.91 Å². The quantitative estimate of drug-likeness (QED) is 0.258. The molecule has 6 heteroatoms. The van der Waals surface area contributed by atoms with E-state index in [2.05, 4.69) is 50.9 Å². The minimum Gasteiger partial charge on any atom is -0.455 e. The molecule has 0 radical (unpaired) electrons. The monoisotopic (exact) mass is 487 g/mol. The standard InChI is InChI=1S/C29H33N3O2S/c1-21-10-11-23(29(2,3)4)16-27(21)35-20-25-12-13-26(34-25)28(33)32(18-22-8-6-14-30-17-22)19-24-9-7-15-31(24)5/h6-17H,18-20H2,1-5H3. The van der Waals surface area contributed by atoms with Gasteiger partial charge in [0.1, 0.15) is 5.76 Å². The molecular weight excluding hydrogens is 454 g/mol. The van der Waals surface area contributed by atoms with Gasteiger partial charge in [-0.05, 0) is 65.4 Å². The first-order valence-corrected chi connectivity index (χ1v) is 12.8. The molecule has 0 saturated heterocycles. The van der Waals surface area contributed by atoms with Crippen LogP contribution < -0.4 is 0 Å². The molecule has 4 aromatic rings. The van der Waals surface area contributed by atoms with Gasteiger partial charge < -0.3 is 13.9 Å². The Morgan fingerprint density at radius 3 is 2.60 bits per heavy atom. The molecule has 4 rings (SSSR count). The number of hydrogen-bond donors (Lipinski definition) is 0. The molecule has 0 saturated carbocycles. The zero-order valence-electron chi connectivity index (χ0n) is 21.1.